The third kappa shape index (κ3) is 3.86. The van der Waals surface area contributed by atoms with Crippen molar-refractivity contribution < 1.29 is 19.1 Å². The van der Waals surface area contributed by atoms with Crippen molar-refractivity contribution >= 4 is 29.0 Å². The van der Waals surface area contributed by atoms with Gasteiger partial charge in [0.25, 0.3) is 0 Å². The molecule has 1 aliphatic heterocycles. The Morgan fingerprint density at radius 1 is 1.00 bits per heavy atom. The minimum Gasteiger partial charge on any atom is -0.486 e. The summed E-state index contributed by atoms with van der Waals surface area (Å²) in [7, 11) is 0. The smallest absolute Gasteiger partial charge is 0.224 e. The second kappa shape index (κ2) is 7.36. The maximum absolute atomic E-state index is 12.3. The summed E-state index contributed by atoms with van der Waals surface area (Å²) in [4.78, 5) is 24.2. The van der Waals surface area contributed by atoms with E-state index in [9.17, 15) is 9.59 Å². The van der Waals surface area contributed by atoms with E-state index in [1.807, 2.05) is 0 Å². The molecule has 0 aliphatic carbocycles. The Hall–Kier alpha value is -2.53. The second-order valence-electron chi connectivity index (χ2n) is 5.31. The highest BCUT2D eigenvalue weighted by Gasteiger charge is 2.16. The number of carbonyl (C=O) groups is 2. The Kier molecular flexibility index (Phi) is 5.01. The molecule has 124 valence electrons. The minimum absolute atomic E-state index is 0.0818. The summed E-state index contributed by atoms with van der Waals surface area (Å²) < 4.78 is 10.9. The summed E-state index contributed by atoms with van der Waals surface area (Å²) in [6.07, 6.45) is 0.189. The summed E-state index contributed by atoms with van der Waals surface area (Å²) in [6.45, 7) is 0.966. The normalized spacial score (nSPS) is 12.5. The van der Waals surface area contributed by atoms with Gasteiger partial charge >= 0.3 is 0 Å². The van der Waals surface area contributed by atoms with Crippen LogP contribution in [0, 0.1) is 0 Å². The van der Waals surface area contributed by atoms with Crippen LogP contribution in [0.5, 0.6) is 11.5 Å². The maximum atomic E-state index is 12.3. The van der Waals surface area contributed by atoms with Crippen molar-refractivity contribution in [2.24, 2.45) is 0 Å². The SMILES string of the molecule is O=C(CCC(=O)c1ccc2c(c1)OCCO2)Nc1ccccc1Cl. The number of ketones is 1. The van der Waals surface area contributed by atoms with Crippen LogP contribution in [0.25, 0.3) is 0 Å². The fourth-order valence-corrected chi connectivity index (χ4v) is 2.55. The number of anilines is 1. The van der Waals surface area contributed by atoms with Crippen LogP contribution < -0.4 is 14.8 Å². The van der Waals surface area contributed by atoms with E-state index in [0.29, 0.717) is 41.0 Å². The predicted octanol–water partition coefficient (Wildman–Crippen LogP) is 3.71. The van der Waals surface area contributed by atoms with Crippen molar-refractivity contribution in [2.75, 3.05) is 18.5 Å². The predicted molar refractivity (Wildman–Crippen MR) is 91.1 cm³/mol. The van der Waals surface area contributed by atoms with Crippen LogP contribution in [0.1, 0.15) is 23.2 Å². The highest BCUT2D eigenvalue weighted by atomic mass is 35.5. The van der Waals surface area contributed by atoms with Crippen LogP contribution in [-0.4, -0.2) is 24.9 Å². The van der Waals surface area contributed by atoms with Crippen LogP contribution in [-0.2, 0) is 4.79 Å². The van der Waals surface area contributed by atoms with Crippen molar-refractivity contribution in [1.82, 2.24) is 0 Å². The number of nitrogens with one attached hydrogen (secondary N) is 1. The minimum atomic E-state index is -0.256. The van der Waals surface area contributed by atoms with Crippen molar-refractivity contribution in [3.8, 4) is 11.5 Å². The molecule has 3 rings (SSSR count). The number of ether oxygens (including phenoxy) is 2. The number of fused-ring (bicyclic) bond motifs is 1. The van der Waals surface area contributed by atoms with Gasteiger partial charge in [-0.05, 0) is 30.3 Å². The zero-order valence-electron chi connectivity index (χ0n) is 12.9. The Morgan fingerprint density at radius 3 is 2.54 bits per heavy atom. The zero-order chi connectivity index (χ0) is 16.9. The molecule has 1 N–H and O–H groups in total. The molecule has 0 radical (unpaired) electrons. The number of benzene rings is 2. The van der Waals surface area contributed by atoms with Gasteiger partial charge in [0.1, 0.15) is 13.2 Å². The first-order valence-electron chi connectivity index (χ1n) is 7.61. The van der Waals surface area contributed by atoms with Crippen LogP contribution in [0.3, 0.4) is 0 Å². The van der Waals surface area contributed by atoms with Gasteiger partial charge in [-0.25, -0.2) is 0 Å². The summed E-state index contributed by atoms with van der Waals surface area (Å²) in [6, 6.07) is 12.0. The molecule has 0 saturated carbocycles. The van der Waals surface area contributed by atoms with E-state index < -0.39 is 0 Å². The Labute approximate surface area is 144 Å². The first kappa shape index (κ1) is 16.3. The first-order valence-corrected chi connectivity index (χ1v) is 7.98. The van der Waals surface area contributed by atoms with Gasteiger partial charge in [-0.15, -0.1) is 0 Å². The number of carbonyl (C=O) groups excluding carboxylic acids is 2. The number of hydrogen-bond acceptors (Lipinski definition) is 4. The van der Waals surface area contributed by atoms with E-state index in [2.05, 4.69) is 5.32 Å². The van der Waals surface area contributed by atoms with Gasteiger partial charge in [0, 0.05) is 18.4 Å². The molecule has 0 unspecified atom stereocenters. The number of halogens is 1. The van der Waals surface area contributed by atoms with Crippen molar-refractivity contribution in [1.29, 1.82) is 0 Å². The second-order valence-corrected chi connectivity index (χ2v) is 5.72. The van der Waals surface area contributed by atoms with Gasteiger partial charge in [0.15, 0.2) is 17.3 Å². The largest absolute Gasteiger partial charge is 0.486 e. The number of Topliss-reactive ketones (excluding diaryl/α,β-unsaturated/α-hetero) is 1. The lowest BCUT2D eigenvalue weighted by Crippen LogP contribution is -2.16. The molecular formula is C18H16ClNO4. The van der Waals surface area contributed by atoms with Gasteiger partial charge in [-0.3, -0.25) is 9.59 Å². The van der Waals surface area contributed by atoms with Crippen LogP contribution in [0.4, 0.5) is 5.69 Å². The molecule has 1 heterocycles. The lowest BCUT2D eigenvalue weighted by molar-refractivity contribution is -0.116. The Morgan fingerprint density at radius 2 is 1.75 bits per heavy atom. The highest BCUT2D eigenvalue weighted by Crippen LogP contribution is 2.31. The first-order chi connectivity index (χ1) is 11.6. The monoisotopic (exact) mass is 345 g/mol. The standard InChI is InChI=1S/C18H16ClNO4/c19-13-3-1-2-4-14(13)20-18(22)8-6-15(21)12-5-7-16-17(11-12)24-10-9-23-16/h1-5,7,11H,6,8-10H2,(H,20,22). The summed E-state index contributed by atoms with van der Waals surface area (Å²) >= 11 is 5.99. The van der Waals surface area contributed by atoms with Gasteiger partial charge < -0.3 is 14.8 Å². The van der Waals surface area contributed by atoms with Crippen molar-refractivity contribution in [3.63, 3.8) is 0 Å². The number of amides is 1. The van der Waals surface area contributed by atoms with Crippen LogP contribution >= 0.6 is 11.6 Å². The molecule has 5 nitrogen and oxygen atoms in total. The fourth-order valence-electron chi connectivity index (χ4n) is 2.36. The summed E-state index contributed by atoms with van der Waals surface area (Å²) in [5, 5.41) is 3.16. The van der Waals surface area contributed by atoms with Gasteiger partial charge in [0.2, 0.25) is 5.91 Å². The van der Waals surface area contributed by atoms with Crippen molar-refractivity contribution in [3.05, 3.63) is 53.1 Å². The average Bonchev–Trinajstić information content (AvgIpc) is 2.61. The van der Waals surface area contributed by atoms with E-state index >= 15 is 0 Å². The summed E-state index contributed by atoms with van der Waals surface area (Å²) in [5.41, 5.74) is 1.04. The molecule has 1 amide bonds. The maximum Gasteiger partial charge on any atom is 0.224 e. The molecule has 0 atom stereocenters. The molecule has 0 saturated heterocycles. The Balaban J connectivity index is 1.57. The van der Waals surface area contributed by atoms with E-state index in [1.54, 1.807) is 42.5 Å². The highest BCUT2D eigenvalue weighted by molar-refractivity contribution is 6.33. The van der Waals surface area contributed by atoms with Crippen molar-refractivity contribution in [2.45, 2.75) is 12.8 Å². The third-order valence-corrected chi connectivity index (χ3v) is 3.92. The topological polar surface area (TPSA) is 64.6 Å². The van der Waals surface area contributed by atoms with E-state index in [4.69, 9.17) is 21.1 Å². The number of para-hydroxylation sites is 1. The molecule has 0 bridgehead atoms. The molecule has 0 spiro atoms. The van der Waals surface area contributed by atoms with E-state index in [-0.39, 0.29) is 24.5 Å². The van der Waals surface area contributed by atoms with Gasteiger partial charge in [-0.2, -0.15) is 0 Å². The fraction of sp³-hybridized carbons (Fsp3) is 0.222. The van der Waals surface area contributed by atoms with Crippen LogP contribution in [0.2, 0.25) is 5.02 Å². The molecule has 0 fully saturated rings. The quantitative estimate of drug-likeness (QED) is 0.839. The van der Waals surface area contributed by atoms with Gasteiger partial charge in [0.05, 0.1) is 10.7 Å². The molecule has 6 heteroatoms. The molecule has 2 aromatic carbocycles. The molecular weight excluding hydrogens is 330 g/mol. The van der Waals surface area contributed by atoms with Gasteiger partial charge in [-0.1, -0.05) is 23.7 Å². The van der Waals surface area contributed by atoms with E-state index in [1.165, 1.54) is 0 Å². The molecule has 0 aromatic heterocycles. The van der Waals surface area contributed by atoms with Crippen LogP contribution in [0.15, 0.2) is 42.5 Å². The lowest BCUT2D eigenvalue weighted by Gasteiger charge is -2.18. The number of hydrogen-bond donors (Lipinski definition) is 1. The molecule has 1 aliphatic rings. The zero-order valence-corrected chi connectivity index (χ0v) is 13.6. The lowest BCUT2D eigenvalue weighted by atomic mass is 10.1. The number of rotatable bonds is 5. The molecule has 24 heavy (non-hydrogen) atoms. The Bertz CT molecular complexity index is 775. The van der Waals surface area contributed by atoms with E-state index in [0.717, 1.165) is 0 Å². The average molecular weight is 346 g/mol. The third-order valence-electron chi connectivity index (χ3n) is 3.59. The molecule has 2 aromatic rings. The summed E-state index contributed by atoms with van der Waals surface area (Å²) in [5.74, 6) is 0.817.